The van der Waals surface area contributed by atoms with Gasteiger partial charge in [0.25, 0.3) is 0 Å². The number of ether oxygens (including phenoxy) is 2. The third-order valence-electron chi connectivity index (χ3n) is 7.38. The molecule has 2 saturated heterocycles. The number of sulfonamides is 2. The molecule has 1 aromatic carbocycles. The maximum atomic E-state index is 13.3. The fourth-order valence-electron chi connectivity index (χ4n) is 5.15. The summed E-state index contributed by atoms with van der Waals surface area (Å²) in [5, 5.41) is 13.7. The Hall–Kier alpha value is -2.66. The molecule has 0 bridgehead atoms. The number of nitrogens with zero attached hydrogens (tertiary/aromatic N) is 3. The minimum absolute atomic E-state index is 0.0112. The minimum atomic E-state index is -3.70. The number of aryl methyl sites for hydroxylation is 1. The lowest BCUT2D eigenvalue weighted by Gasteiger charge is -2.38. The van der Waals surface area contributed by atoms with Crippen LogP contribution in [-0.4, -0.2) is 98.8 Å². The molecule has 0 aliphatic carbocycles. The largest absolute Gasteiger partial charge is 0.491 e. The van der Waals surface area contributed by atoms with E-state index in [1.807, 2.05) is 0 Å². The lowest BCUT2D eigenvalue weighted by atomic mass is 9.88. The fourth-order valence-corrected chi connectivity index (χ4v) is 7.33. The maximum absolute atomic E-state index is 13.3. The number of aliphatic hydroxyl groups excluding tert-OH is 1. The first-order valence-corrected chi connectivity index (χ1v) is 16.0. The Balaban J connectivity index is 1.09. The van der Waals surface area contributed by atoms with E-state index in [1.54, 1.807) is 25.1 Å². The van der Waals surface area contributed by atoms with Gasteiger partial charge >= 0.3 is 0 Å². The topological polar surface area (TPSA) is 176 Å². The number of imidazole rings is 1. The van der Waals surface area contributed by atoms with E-state index < -0.39 is 31.8 Å². The van der Waals surface area contributed by atoms with Crippen molar-refractivity contribution in [3.8, 4) is 5.75 Å². The van der Waals surface area contributed by atoms with Gasteiger partial charge in [-0.15, -0.1) is 0 Å². The number of hydrogen-bond donors (Lipinski definition) is 4. The van der Waals surface area contributed by atoms with E-state index in [2.05, 4.69) is 25.0 Å². The number of rotatable bonds is 10. The molecule has 0 amide bonds. The van der Waals surface area contributed by atoms with Crippen LogP contribution in [0.3, 0.4) is 0 Å². The second kappa shape index (κ2) is 11.3. The number of H-pyrrole nitrogens is 1. The van der Waals surface area contributed by atoms with Crippen LogP contribution in [0, 0.1) is 6.92 Å². The zero-order chi connectivity index (χ0) is 28.5. The highest BCUT2D eigenvalue weighted by atomic mass is 32.2. The summed E-state index contributed by atoms with van der Waals surface area (Å²) in [6.07, 6.45) is 2.38. The van der Waals surface area contributed by atoms with Crippen molar-refractivity contribution >= 4 is 31.2 Å². The summed E-state index contributed by atoms with van der Waals surface area (Å²) in [5.74, 6) is 1.02. The van der Waals surface area contributed by atoms with Gasteiger partial charge in [0.15, 0.2) is 5.65 Å². The van der Waals surface area contributed by atoms with E-state index in [9.17, 15) is 21.9 Å². The molecule has 2 aromatic heterocycles. The summed E-state index contributed by atoms with van der Waals surface area (Å²) < 4.78 is 65.9. The van der Waals surface area contributed by atoms with Crippen molar-refractivity contribution in [1.29, 1.82) is 0 Å². The van der Waals surface area contributed by atoms with Crippen molar-refractivity contribution in [2.24, 2.45) is 0 Å². The normalized spacial score (nSPS) is 20.7. The number of pyridine rings is 1. The second-order valence-corrected chi connectivity index (χ2v) is 14.0. The molecule has 2 aliphatic heterocycles. The van der Waals surface area contributed by atoms with Gasteiger partial charge < -0.3 is 24.9 Å². The first-order valence-electron chi connectivity index (χ1n) is 13.0. The molecule has 1 unspecified atom stereocenters. The van der Waals surface area contributed by atoms with E-state index in [1.165, 1.54) is 29.7 Å². The van der Waals surface area contributed by atoms with Crippen LogP contribution < -0.4 is 14.8 Å². The number of nitrogens with one attached hydrogen (secondary N) is 3. The van der Waals surface area contributed by atoms with Gasteiger partial charge in [0.2, 0.25) is 20.0 Å². The lowest BCUT2D eigenvalue weighted by molar-refractivity contribution is -0.0312. The Kier molecular flexibility index (Phi) is 8.16. The second-order valence-electron chi connectivity index (χ2n) is 10.2. The number of aliphatic hydroxyl groups is 1. The van der Waals surface area contributed by atoms with Crippen molar-refractivity contribution in [2.75, 3.05) is 39.9 Å². The molecule has 5 rings (SSSR count). The average Bonchev–Trinajstić information content (AvgIpc) is 3.52. The van der Waals surface area contributed by atoms with Crippen LogP contribution in [0.1, 0.15) is 25.1 Å². The molecule has 15 heteroatoms. The van der Waals surface area contributed by atoms with Crippen molar-refractivity contribution in [3.63, 3.8) is 0 Å². The van der Waals surface area contributed by atoms with Gasteiger partial charge in [-0.3, -0.25) is 0 Å². The van der Waals surface area contributed by atoms with Crippen LogP contribution in [0.15, 0.2) is 46.3 Å². The molecular weight excluding hydrogens is 560 g/mol. The Morgan fingerprint density at radius 2 is 2.00 bits per heavy atom. The molecule has 2 atom stereocenters. The standard InChI is InChI=1S/C25H34N6O7S2/c1-17-29-23-11-22(14-28-24(23)30-17)40(35,36)31-8-6-25(7-9-31)12-18(15-38-25)27-13-19(32)16-37-20-4-3-5-21(10-20)39(33,34)26-2/h3-5,10-11,14,18-19,26-27,32H,6-9,12-13,15-16H2,1-2H3,(H,28,29,30)/t18?,19-/m0/s1. The van der Waals surface area contributed by atoms with E-state index in [0.717, 1.165) is 0 Å². The highest BCUT2D eigenvalue weighted by Crippen LogP contribution is 2.37. The molecule has 0 saturated carbocycles. The first-order chi connectivity index (χ1) is 19.0. The number of piperidine rings is 1. The molecule has 3 aromatic rings. The van der Waals surface area contributed by atoms with Gasteiger partial charge in [-0.2, -0.15) is 4.31 Å². The summed E-state index contributed by atoms with van der Waals surface area (Å²) >= 11 is 0. The van der Waals surface area contributed by atoms with E-state index in [4.69, 9.17) is 9.47 Å². The molecule has 40 heavy (non-hydrogen) atoms. The molecule has 218 valence electrons. The number of benzene rings is 1. The van der Waals surface area contributed by atoms with Crippen LogP contribution in [-0.2, 0) is 24.8 Å². The highest BCUT2D eigenvalue weighted by molar-refractivity contribution is 7.89. The predicted octanol–water partition coefficient (Wildman–Crippen LogP) is 0.516. The SMILES string of the molecule is CNS(=O)(=O)c1cccc(OC[C@@H](O)CNC2COC3(CCN(S(=O)(=O)c4cnc5nc(C)[nH]c5c4)CC3)C2)c1. The number of fused-ring (bicyclic) bond motifs is 1. The minimum Gasteiger partial charge on any atom is -0.491 e. The van der Waals surface area contributed by atoms with Crippen molar-refractivity contribution in [1.82, 2.24) is 29.3 Å². The van der Waals surface area contributed by atoms with Crippen LogP contribution in [0.4, 0.5) is 0 Å². The molecule has 1 spiro atoms. The van der Waals surface area contributed by atoms with Crippen LogP contribution in [0.25, 0.3) is 11.2 Å². The maximum Gasteiger partial charge on any atom is 0.244 e. The fraction of sp³-hybridized carbons (Fsp3) is 0.520. The number of hydrogen-bond acceptors (Lipinski definition) is 10. The third-order valence-corrected chi connectivity index (χ3v) is 10.7. The molecule has 4 N–H and O–H groups in total. The molecular formula is C25H34N6O7S2. The summed E-state index contributed by atoms with van der Waals surface area (Å²) in [4.78, 5) is 11.7. The van der Waals surface area contributed by atoms with Gasteiger partial charge in [-0.05, 0) is 51.4 Å². The van der Waals surface area contributed by atoms with Crippen molar-refractivity contribution < 1.29 is 31.4 Å². The van der Waals surface area contributed by atoms with Gasteiger partial charge in [0.1, 0.15) is 29.2 Å². The van der Waals surface area contributed by atoms with Crippen molar-refractivity contribution in [3.05, 3.63) is 42.4 Å². The highest BCUT2D eigenvalue weighted by Gasteiger charge is 2.44. The Morgan fingerprint density at radius 3 is 2.75 bits per heavy atom. The van der Waals surface area contributed by atoms with Crippen LogP contribution >= 0.6 is 0 Å². The zero-order valence-electron chi connectivity index (χ0n) is 22.3. The van der Waals surface area contributed by atoms with Crippen LogP contribution in [0.5, 0.6) is 5.75 Å². The van der Waals surface area contributed by atoms with E-state index in [0.29, 0.717) is 61.7 Å². The summed E-state index contributed by atoms with van der Waals surface area (Å²) in [6.45, 7) is 3.19. The van der Waals surface area contributed by atoms with Gasteiger partial charge in [-0.1, -0.05) is 6.07 Å². The van der Waals surface area contributed by atoms with Crippen LogP contribution in [0.2, 0.25) is 0 Å². The smallest absolute Gasteiger partial charge is 0.244 e. The zero-order valence-corrected chi connectivity index (χ0v) is 24.0. The molecule has 2 fully saturated rings. The molecule has 2 aliphatic rings. The van der Waals surface area contributed by atoms with Crippen molar-refractivity contribution in [2.45, 2.75) is 53.7 Å². The third kappa shape index (κ3) is 6.15. The van der Waals surface area contributed by atoms with Gasteiger partial charge in [0.05, 0.1) is 22.6 Å². The first kappa shape index (κ1) is 28.9. The Bertz CT molecular complexity index is 1570. The Labute approximate surface area is 233 Å². The number of aromatic amines is 1. The Morgan fingerprint density at radius 1 is 1.23 bits per heavy atom. The molecule has 0 radical (unpaired) electrons. The monoisotopic (exact) mass is 594 g/mol. The summed E-state index contributed by atoms with van der Waals surface area (Å²) in [7, 11) is -5.95. The van der Waals surface area contributed by atoms with E-state index >= 15 is 0 Å². The summed E-state index contributed by atoms with van der Waals surface area (Å²) in [6, 6.07) is 7.65. The average molecular weight is 595 g/mol. The van der Waals surface area contributed by atoms with Gasteiger partial charge in [0, 0.05) is 37.9 Å². The molecule has 13 nitrogen and oxygen atoms in total. The quantitative estimate of drug-likeness (QED) is 0.259. The predicted molar refractivity (Wildman–Crippen MR) is 146 cm³/mol. The molecule has 4 heterocycles. The van der Waals surface area contributed by atoms with E-state index in [-0.39, 0.29) is 29.0 Å². The lowest BCUT2D eigenvalue weighted by Crippen LogP contribution is -2.47. The number of aromatic nitrogens is 3. The van der Waals surface area contributed by atoms with Gasteiger partial charge in [-0.25, -0.2) is 31.5 Å². The summed E-state index contributed by atoms with van der Waals surface area (Å²) in [5.41, 5.74) is 0.660.